The minimum atomic E-state index is -0.461. The van der Waals surface area contributed by atoms with Crippen molar-refractivity contribution in [1.82, 2.24) is 9.78 Å². The lowest BCUT2D eigenvalue weighted by molar-refractivity contribution is -0.119. The Kier molecular flexibility index (Phi) is 4.74. The van der Waals surface area contributed by atoms with Crippen LogP contribution in [0.25, 0.3) is 0 Å². The van der Waals surface area contributed by atoms with E-state index in [1.54, 1.807) is 43.1 Å². The van der Waals surface area contributed by atoms with Crippen molar-refractivity contribution < 1.29 is 14.3 Å². The molecule has 1 amide bonds. The second-order valence-electron chi connectivity index (χ2n) is 4.47. The molecule has 2 rings (SSSR count). The van der Waals surface area contributed by atoms with Gasteiger partial charge in [0.15, 0.2) is 0 Å². The summed E-state index contributed by atoms with van der Waals surface area (Å²) in [5.41, 5.74) is 0.389. The third-order valence-electron chi connectivity index (χ3n) is 2.89. The Balaban J connectivity index is 2.16. The molecule has 0 aliphatic rings. The molecule has 0 aliphatic heterocycles. The van der Waals surface area contributed by atoms with Gasteiger partial charge in [-0.05, 0) is 32.9 Å². The quantitative estimate of drug-likeness (QED) is 0.862. The Labute approximate surface area is 126 Å². The van der Waals surface area contributed by atoms with E-state index in [0.29, 0.717) is 17.2 Å². The number of aryl methyl sites for hydroxylation is 1. The van der Waals surface area contributed by atoms with Gasteiger partial charge < -0.3 is 10.1 Å². The monoisotopic (exact) mass is 307 g/mol. The maximum absolute atomic E-state index is 12.2. The molecule has 2 heterocycles. The van der Waals surface area contributed by atoms with Crippen molar-refractivity contribution in [3.05, 3.63) is 35.0 Å². The van der Waals surface area contributed by atoms with E-state index < -0.39 is 12.0 Å². The van der Waals surface area contributed by atoms with Gasteiger partial charge in [0.1, 0.15) is 11.0 Å². The number of nitrogens with zero attached hydrogens (tertiary/aromatic N) is 2. The molecule has 0 saturated heterocycles. The summed E-state index contributed by atoms with van der Waals surface area (Å²) >= 11 is 1.35. The highest BCUT2D eigenvalue weighted by Gasteiger charge is 2.21. The molecule has 0 radical (unpaired) electrons. The van der Waals surface area contributed by atoms with Crippen molar-refractivity contribution in [3.8, 4) is 0 Å². The maximum Gasteiger partial charge on any atom is 0.341 e. The van der Waals surface area contributed by atoms with Gasteiger partial charge in [-0.25, -0.2) is 4.79 Å². The summed E-state index contributed by atoms with van der Waals surface area (Å²) in [6, 6.07) is 3.01. The highest BCUT2D eigenvalue weighted by Crippen LogP contribution is 2.29. The molecule has 21 heavy (non-hydrogen) atoms. The molecule has 2 aromatic heterocycles. The smallest absolute Gasteiger partial charge is 0.341 e. The van der Waals surface area contributed by atoms with Gasteiger partial charge in [-0.1, -0.05) is 0 Å². The van der Waals surface area contributed by atoms with Crippen LogP contribution >= 0.6 is 11.3 Å². The molecule has 1 N–H and O–H groups in total. The number of hydrogen-bond donors (Lipinski definition) is 1. The minimum absolute atomic E-state index is 0.230. The van der Waals surface area contributed by atoms with Crippen LogP contribution in [0.3, 0.4) is 0 Å². The molecule has 0 spiro atoms. The van der Waals surface area contributed by atoms with Gasteiger partial charge >= 0.3 is 5.97 Å². The van der Waals surface area contributed by atoms with E-state index in [1.807, 2.05) is 6.92 Å². The van der Waals surface area contributed by atoms with Crippen LogP contribution in [0, 0.1) is 6.92 Å². The molecule has 0 aromatic carbocycles. The van der Waals surface area contributed by atoms with Crippen LogP contribution in [0.1, 0.15) is 35.1 Å². The van der Waals surface area contributed by atoms with Crippen molar-refractivity contribution in [2.24, 2.45) is 0 Å². The normalized spacial score (nSPS) is 12.0. The van der Waals surface area contributed by atoms with Gasteiger partial charge in [-0.3, -0.25) is 9.48 Å². The van der Waals surface area contributed by atoms with Crippen LogP contribution in [0.5, 0.6) is 0 Å². The van der Waals surface area contributed by atoms with E-state index in [1.165, 1.54) is 11.3 Å². The first-order chi connectivity index (χ1) is 10.0. The van der Waals surface area contributed by atoms with Crippen LogP contribution < -0.4 is 5.32 Å². The molecule has 0 saturated carbocycles. The minimum Gasteiger partial charge on any atom is -0.462 e. The molecule has 1 unspecified atom stereocenters. The van der Waals surface area contributed by atoms with Gasteiger partial charge in [-0.15, -0.1) is 11.3 Å². The molecule has 0 bridgehead atoms. The van der Waals surface area contributed by atoms with E-state index in [0.717, 1.165) is 4.88 Å². The number of esters is 1. The summed E-state index contributed by atoms with van der Waals surface area (Å²) in [5.74, 6) is -0.657. The largest absolute Gasteiger partial charge is 0.462 e. The van der Waals surface area contributed by atoms with Crippen LogP contribution in [0.15, 0.2) is 24.5 Å². The molecular weight excluding hydrogens is 290 g/mol. The summed E-state index contributed by atoms with van der Waals surface area (Å²) in [6.45, 7) is 5.66. The molecule has 0 aliphatic carbocycles. The first-order valence-electron chi connectivity index (χ1n) is 6.60. The zero-order valence-corrected chi connectivity index (χ0v) is 12.9. The first kappa shape index (κ1) is 15.2. The Bertz CT molecular complexity index is 634. The van der Waals surface area contributed by atoms with Crippen molar-refractivity contribution in [1.29, 1.82) is 0 Å². The first-order valence-corrected chi connectivity index (χ1v) is 7.42. The van der Waals surface area contributed by atoms with E-state index in [2.05, 4.69) is 10.4 Å². The molecule has 7 heteroatoms. The van der Waals surface area contributed by atoms with Crippen LogP contribution in [-0.4, -0.2) is 28.3 Å². The molecule has 0 fully saturated rings. The van der Waals surface area contributed by atoms with Gasteiger partial charge in [0.2, 0.25) is 5.91 Å². The topological polar surface area (TPSA) is 73.2 Å². The third kappa shape index (κ3) is 3.49. The number of amides is 1. The molecule has 6 nitrogen and oxygen atoms in total. The zero-order valence-electron chi connectivity index (χ0n) is 12.1. The number of rotatable bonds is 5. The predicted molar refractivity (Wildman–Crippen MR) is 80.6 cm³/mol. The number of carbonyl (C=O) groups is 2. The molecule has 1 atom stereocenters. The molecule has 2 aromatic rings. The molecular formula is C14H17N3O3S. The predicted octanol–water partition coefficient (Wildman–Crippen LogP) is 2.63. The number of carbonyl (C=O) groups excluding carboxylic acids is 2. The Hall–Kier alpha value is -2.15. The fourth-order valence-corrected chi connectivity index (χ4v) is 2.72. The SMILES string of the molecule is CCOC(=O)c1cc(C)sc1NC(=O)C(C)n1cccn1. The fourth-order valence-electron chi connectivity index (χ4n) is 1.81. The van der Waals surface area contributed by atoms with E-state index in [4.69, 9.17) is 4.74 Å². The lowest BCUT2D eigenvalue weighted by atomic mass is 10.2. The van der Waals surface area contributed by atoms with Crippen LogP contribution in [0.4, 0.5) is 5.00 Å². The number of aromatic nitrogens is 2. The second-order valence-corrected chi connectivity index (χ2v) is 5.73. The zero-order chi connectivity index (χ0) is 15.4. The van der Waals surface area contributed by atoms with Crippen LogP contribution in [-0.2, 0) is 9.53 Å². The Morgan fingerprint density at radius 3 is 2.90 bits per heavy atom. The summed E-state index contributed by atoms with van der Waals surface area (Å²) in [4.78, 5) is 25.0. The standard InChI is InChI=1S/C14H17N3O3S/c1-4-20-14(19)11-8-9(2)21-13(11)16-12(18)10(3)17-7-5-6-15-17/h5-8,10H,4H2,1-3H3,(H,16,18). The van der Waals surface area contributed by atoms with Crippen molar-refractivity contribution in [2.75, 3.05) is 11.9 Å². The van der Waals surface area contributed by atoms with Gasteiger partial charge in [0.05, 0.1) is 12.2 Å². The Morgan fingerprint density at radius 1 is 1.52 bits per heavy atom. The average Bonchev–Trinajstić information content (AvgIpc) is 3.07. The van der Waals surface area contributed by atoms with Gasteiger partial charge in [0, 0.05) is 17.3 Å². The van der Waals surface area contributed by atoms with Crippen molar-refractivity contribution in [2.45, 2.75) is 26.8 Å². The summed E-state index contributed by atoms with van der Waals surface area (Å²) in [7, 11) is 0. The van der Waals surface area contributed by atoms with E-state index in [-0.39, 0.29) is 5.91 Å². The van der Waals surface area contributed by atoms with Crippen molar-refractivity contribution >= 4 is 28.2 Å². The summed E-state index contributed by atoms with van der Waals surface area (Å²) < 4.78 is 6.55. The molecule has 112 valence electrons. The number of nitrogens with one attached hydrogen (secondary N) is 1. The third-order valence-corrected chi connectivity index (χ3v) is 3.85. The number of thiophene rings is 1. The fraction of sp³-hybridized carbons (Fsp3) is 0.357. The van der Waals surface area contributed by atoms with E-state index in [9.17, 15) is 9.59 Å². The Morgan fingerprint density at radius 2 is 2.29 bits per heavy atom. The van der Waals surface area contributed by atoms with Gasteiger partial charge in [0.25, 0.3) is 0 Å². The average molecular weight is 307 g/mol. The second kappa shape index (κ2) is 6.53. The summed E-state index contributed by atoms with van der Waals surface area (Å²) in [5, 5.41) is 7.32. The number of anilines is 1. The highest BCUT2D eigenvalue weighted by atomic mass is 32.1. The van der Waals surface area contributed by atoms with Gasteiger partial charge in [-0.2, -0.15) is 5.10 Å². The lowest BCUT2D eigenvalue weighted by Gasteiger charge is -2.12. The van der Waals surface area contributed by atoms with E-state index >= 15 is 0 Å². The summed E-state index contributed by atoms with van der Waals surface area (Å²) in [6.07, 6.45) is 3.33. The number of hydrogen-bond acceptors (Lipinski definition) is 5. The maximum atomic E-state index is 12.2. The number of ether oxygens (including phenoxy) is 1. The highest BCUT2D eigenvalue weighted by molar-refractivity contribution is 7.16. The van der Waals surface area contributed by atoms with Crippen molar-refractivity contribution in [3.63, 3.8) is 0 Å². The van der Waals surface area contributed by atoms with Crippen LogP contribution in [0.2, 0.25) is 0 Å². The lowest BCUT2D eigenvalue weighted by Crippen LogP contribution is -2.24.